The quantitative estimate of drug-likeness (QED) is 0.598. The topological polar surface area (TPSA) is 26.0 Å². The van der Waals surface area contributed by atoms with Crippen molar-refractivity contribution in [3.63, 3.8) is 0 Å². The van der Waals surface area contributed by atoms with E-state index in [1.54, 1.807) is 0 Å². The monoisotopic (exact) mass is 173 g/mol. The summed E-state index contributed by atoms with van der Waals surface area (Å²) in [5.74, 6) is 0. The fourth-order valence-corrected chi connectivity index (χ4v) is 2.72. The molecule has 1 nitrogen and oxygen atoms in total. The summed E-state index contributed by atoms with van der Waals surface area (Å²) >= 11 is 0. The predicted molar refractivity (Wildman–Crippen MR) is 49.7 cm³/mol. The maximum Gasteiger partial charge on any atom is 0.120 e. The summed E-state index contributed by atoms with van der Waals surface area (Å²) in [5.41, 5.74) is 5.71. The molecule has 0 amide bonds. The largest absolute Gasteiger partial charge is 0.325 e. The van der Waals surface area contributed by atoms with Crippen molar-refractivity contribution in [2.45, 2.75) is 52.8 Å². The van der Waals surface area contributed by atoms with E-state index in [0.717, 1.165) is 12.8 Å². The van der Waals surface area contributed by atoms with E-state index in [4.69, 9.17) is 5.73 Å². The van der Waals surface area contributed by atoms with E-state index >= 15 is 0 Å². The summed E-state index contributed by atoms with van der Waals surface area (Å²) in [7, 11) is 0. The Morgan fingerprint density at radius 2 is 1.75 bits per heavy atom. The third kappa shape index (κ3) is 1.79. The summed E-state index contributed by atoms with van der Waals surface area (Å²) in [6.45, 7) is 8.28. The highest BCUT2D eigenvalue weighted by atomic mass is 19.1. The molecular formula is C10H20FN. The van der Waals surface area contributed by atoms with E-state index in [1.807, 2.05) is 13.8 Å². The van der Waals surface area contributed by atoms with Crippen LogP contribution in [0.25, 0.3) is 0 Å². The van der Waals surface area contributed by atoms with Crippen LogP contribution in [0.5, 0.6) is 0 Å². The van der Waals surface area contributed by atoms with Crippen LogP contribution in [0.15, 0.2) is 0 Å². The van der Waals surface area contributed by atoms with Gasteiger partial charge in [0.25, 0.3) is 0 Å². The maximum absolute atomic E-state index is 13.6. The second kappa shape index (κ2) is 2.69. The molecule has 0 unspecified atom stereocenters. The molecule has 0 aromatic heterocycles. The minimum Gasteiger partial charge on any atom is -0.325 e. The average Bonchev–Trinajstić information content (AvgIpc) is 1.79. The first-order valence-electron chi connectivity index (χ1n) is 4.64. The van der Waals surface area contributed by atoms with Gasteiger partial charge < -0.3 is 5.73 Å². The Balaban J connectivity index is 2.80. The Morgan fingerprint density at radius 1 is 1.25 bits per heavy atom. The summed E-state index contributed by atoms with van der Waals surface area (Å²) in [6.07, 6.45) is 0.887. The highest BCUT2D eigenvalue weighted by Crippen LogP contribution is 2.46. The minimum atomic E-state index is -0.842. The summed E-state index contributed by atoms with van der Waals surface area (Å²) in [6, 6.07) is -0.274. The minimum absolute atomic E-state index is 0.200. The maximum atomic E-state index is 13.6. The van der Waals surface area contributed by atoms with E-state index in [-0.39, 0.29) is 16.9 Å². The molecule has 2 N–H and O–H groups in total. The van der Waals surface area contributed by atoms with Gasteiger partial charge in [-0.25, -0.2) is 4.39 Å². The van der Waals surface area contributed by atoms with Crippen LogP contribution >= 0.6 is 0 Å². The molecule has 0 radical (unpaired) electrons. The second-order valence-electron chi connectivity index (χ2n) is 5.60. The van der Waals surface area contributed by atoms with Crippen molar-refractivity contribution in [2.24, 2.45) is 16.6 Å². The fraction of sp³-hybridized carbons (Fsp3) is 1.00. The molecule has 72 valence electrons. The number of rotatable bonds is 0. The van der Waals surface area contributed by atoms with Crippen molar-refractivity contribution in [2.75, 3.05) is 0 Å². The summed E-state index contributed by atoms with van der Waals surface area (Å²) in [5, 5.41) is 0. The first-order valence-corrected chi connectivity index (χ1v) is 4.64. The van der Waals surface area contributed by atoms with Crippen molar-refractivity contribution < 1.29 is 4.39 Å². The van der Waals surface area contributed by atoms with Gasteiger partial charge in [0.15, 0.2) is 0 Å². The van der Waals surface area contributed by atoms with Crippen molar-refractivity contribution in [3.8, 4) is 0 Å². The molecule has 0 heterocycles. The smallest absolute Gasteiger partial charge is 0.120 e. The van der Waals surface area contributed by atoms with Crippen molar-refractivity contribution in [1.82, 2.24) is 0 Å². The van der Waals surface area contributed by atoms with Crippen LogP contribution in [0.2, 0.25) is 0 Å². The molecule has 12 heavy (non-hydrogen) atoms. The van der Waals surface area contributed by atoms with Gasteiger partial charge in [-0.1, -0.05) is 27.7 Å². The molecule has 0 spiro atoms. The highest BCUT2D eigenvalue weighted by molar-refractivity contribution is 4.97. The number of alkyl halides is 1. The van der Waals surface area contributed by atoms with Gasteiger partial charge in [-0.05, 0) is 23.7 Å². The Kier molecular flexibility index (Phi) is 2.24. The molecule has 1 rings (SSSR count). The van der Waals surface area contributed by atoms with E-state index < -0.39 is 6.17 Å². The number of halogens is 1. The Morgan fingerprint density at radius 3 is 2.17 bits per heavy atom. The van der Waals surface area contributed by atoms with Gasteiger partial charge >= 0.3 is 0 Å². The standard InChI is InChI=1S/C10H20FN/c1-9(2)5-7(12)8(11)10(3,4)6-9/h7-8H,5-6,12H2,1-4H3/t7-,8-/m1/s1. The molecule has 0 aliphatic heterocycles. The number of hydrogen-bond acceptors (Lipinski definition) is 1. The number of nitrogens with two attached hydrogens (primary N) is 1. The molecule has 0 aromatic rings. The Bertz CT molecular complexity index is 175. The lowest BCUT2D eigenvalue weighted by Crippen LogP contribution is -2.50. The van der Waals surface area contributed by atoms with Crippen LogP contribution in [-0.4, -0.2) is 12.2 Å². The number of hydrogen-bond donors (Lipinski definition) is 1. The van der Waals surface area contributed by atoms with E-state index in [9.17, 15) is 4.39 Å². The van der Waals surface area contributed by atoms with Crippen molar-refractivity contribution >= 4 is 0 Å². The Hall–Kier alpha value is -0.110. The molecule has 0 saturated heterocycles. The fourth-order valence-electron chi connectivity index (χ4n) is 2.72. The normalized spacial score (nSPS) is 39.5. The third-order valence-electron chi connectivity index (χ3n) is 2.84. The zero-order valence-electron chi connectivity index (χ0n) is 8.52. The molecule has 1 fully saturated rings. The molecular weight excluding hydrogens is 153 g/mol. The van der Waals surface area contributed by atoms with Gasteiger partial charge in [-0.15, -0.1) is 0 Å². The molecule has 1 saturated carbocycles. The van der Waals surface area contributed by atoms with Gasteiger partial charge in [0, 0.05) is 6.04 Å². The summed E-state index contributed by atoms with van der Waals surface area (Å²) in [4.78, 5) is 0. The van der Waals surface area contributed by atoms with Crippen LogP contribution in [-0.2, 0) is 0 Å². The van der Waals surface area contributed by atoms with Gasteiger partial charge in [-0.3, -0.25) is 0 Å². The zero-order valence-corrected chi connectivity index (χ0v) is 8.52. The first kappa shape index (κ1) is 9.97. The molecule has 1 aliphatic carbocycles. The second-order valence-corrected chi connectivity index (χ2v) is 5.60. The molecule has 0 aromatic carbocycles. The van der Waals surface area contributed by atoms with Crippen molar-refractivity contribution in [1.29, 1.82) is 0 Å². The zero-order chi connectivity index (χ0) is 9.57. The third-order valence-corrected chi connectivity index (χ3v) is 2.84. The lowest BCUT2D eigenvalue weighted by molar-refractivity contribution is 0.00609. The lowest BCUT2D eigenvalue weighted by Gasteiger charge is -2.46. The van der Waals surface area contributed by atoms with Gasteiger partial charge in [0.05, 0.1) is 0 Å². The van der Waals surface area contributed by atoms with Gasteiger partial charge in [-0.2, -0.15) is 0 Å². The summed E-state index contributed by atoms with van der Waals surface area (Å²) < 4.78 is 13.6. The van der Waals surface area contributed by atoms with Crippen molar-refractivity contribution in [3.05, 3.63) is 0 Å². The predicted octanol–water partition coefficient (Wildman–Crippen LogP) is 2.50. The molecule has 2 atom stereocenters. The average molecular weight is 173 g/mol. The highest BCUT2D eigenvalue weighted by Gasteiger charge is 2.44. The van der Waals surface area contributed by atoms with E-state index in [0.29, 0.717) is 0 Å². The first-order chi connectivity index (χ1) is 5.25. The lowest BCUT2D eigenvalue weighted by atomic mass is 9.63. The molecule has 1 aliphatic rings. The van der Waals surface area contributed by atoms with Crippen LogP contribution in [0.3, 0.4) is 0 Å². The molecule has 2 heteroatoms. The van der Waals surface area contributed by atoms with E-state index in [2.05, 4.69) is 13.8 Å². The van der Waals surface area contributed by atoms with Crippen LogP contribution in [0, 0.1) is 10.8 Å². The SMILES string of the molecule is CC1(C)C[C@@H](N)[C@@H](F)C(C)(C)C1. The van der Waals surface area contributed by atoms with Gasteiger partial charge in [0.1, 0.15) is 6.17 Å². The van der Waals surface area contributed by atoms with Crippen LogP contribution in [0.1, 0.15) is 40.5 Å². The van der Waals surface area contributed by atoms with Gasteiger partial charge in [0.2, 0.25) is 0 Å². The molecule has 0 bridgehead atoms. The van der Waals surface area contributed by atoms with Crippen LogP contribution < -0.4 is 5.73 Å². The van der Waals surface area contributed by atoms with Crippen LogP contribution in [0.4, 0.5) is 4.39 Å². The van der Waals surface area contributed by atoms with E-state index in [1.165, 1.54) is 0 Å². The Labute approximate surface area is 74.5 Å².